The van der Waals surface area contributed by atoms with E-state index >= 15 is 0 Å². The summed E-state index contributed by atoms with van der Waals surface area (Å²) in [5.41, 5.74) is 0. The minimum Gasteiger partial charge on any atom is -0.377 e. The number of hydrogen-bond acceptors (Lipinski definition) is 4. The van der Waals surface area contributed by atoms with Crippen molar-refractivity contribution in [2.45, 2.75) is 58.3 Å². The molecule has 0 aliphatic heterocycles. The number of rotatable bonds is 9. The zero-order valence-electron chi connectivity index (χ0n) is 15.0. The van der Waals surface area contributed by atoms with Crippen molar-refractivity contribution in [3.63, 3.8) is 0 Å². The average molecular weight is 322 g/mol. The maximum absolute atomic E-state index is 5.49. The zero-order chi connectivity index (χ0) is 16.0. The maximum atomic E-state index is 5.49. The van der Waals surface area contributed by atoms with Gasteiger partial charge in [0.1, 0.15) is 8.24 Å². The summed E-state index contributed by atoms with van der Waals surface area (Å²) in [4.78, 5) is 0. The molecule has 20 heavy (non-hydrogen) atoms. The van der Waals surface area contributed by atoms with Crippen LogP contribution in [0, 0.1) is 0 Å². The minimum absolute atomic E-state index is 0.376. The van der Waals surface area contributed by atoms with Gasteiger partial charge in [-0.25, -0.2) is 0 Å². The first kappa shape index (κ1) is 20.3. The Bertz CT molecular complexity index is 268. The fourth-order valence-electron chi connectivity index (χ4n) is 2.35. The molecule has 0 aromatic rings. The molecule has 0 rings (SSSR count). The van der Waals surface area contributed by atoms with Crippen molar-refractivity contribution in [1.82, 2.24) is 4.57 Å². The van der Waals surface area contributed by atoms with E-state index in [0.29, 0.717) is 5.04 Å². The molecule has 0 fully saturated rings. The molecule has 0 aliphatic carbocycles. The summed E-state index contributed by atoms with van der Waals surface area (Å²) in [6.45, 7) is 16.5. The molecule has 0 radical (unpaired) electrons. The van der Waals surface area contributed by atoms with E-state index in [1.165, 1.54) is 0 Å². The molecule has 0 atom stereocenters. The molecule has 0 saturated heterocycles. The van der Waals surface area contributed by atoms with Crippen molar-refractivity contribution in [3.05, 3.63) is 0 Å². The highest BCUT2D eigenvalue weighted by Crippen LogP contribution is 2.38. The van der Waals surface area contributed by atoms with Crippen LogP contribution in [0.2, 0.25) is 24.2 Å². The molecule has 0 N–H and O–H groups in total. The van der Waals surface area contributed by atoms with Crippen LogP contribution in [0.5, 0.6) is 0 Å². The molecule has 0 amide bonds. The Labute approximate surface area is 128 Å². The van der Waals surface area contributed by atoms with Gasteiger partial charge in [0.2, 0.25) is 0 Å². The third-order valence-electron chi connectivity index (χ3n) is 4.85. The van der Waals surface area contributed by atoms with Gasteiger partial charge in [-0.2, -0.15) is 0 Å². The van der Waals surface area contributed by atoms with Crippen LogP contribution in [0.25, 0.3) is 0 Å². The van der Waals surface area contributed by atoms with E-state index in [2.05, 4.69) is 45.4 Å². The van der Waals surface area contributed by atoms with Gasteiger partial charge in [0.05, 0.1) is 0 Å². The Morgan fingerprint density at radius 3 is 1.70 bits per heavy atom. The van der Waals surface area contributed by atoms with Crippen LogP contribution in [0.4, 0.5) is 0 Å². The lowest BCUT2D eigenvalue weighted by Crippen LogP contribution is -2.55. The molecule has 0 aromatic heterocycles. The van der Waals surface area contributed by atoms with Crippen LogP contribution >= 0.6 is 0 Å². The summed E-state index contributed by atoms with van der Waals surface area (Å²) in [6, 6.07) is 0.877. The normalized spacial score (nSPS) is 14.1. The summed E-state index contributed by atoms with van der Waals surface area (Å²) >= 11 is 0. The molecular weight excluding hydrogens is 286 g/mol. The highest BCUT2D eigenvalue weighted by Gasteiger charge is 2.41. The van der Waals surface area contributed by atoms with Crippen LogP contribution in [0.3, 0.4) is 0 Å². The van der Waals surface area contributed by atoms with Crippen molar-refractivity contribution in [2.24, 2.45) is 0 Å². The molecule has 4 nitrogen and oxygen atoms in total. The van der Waals surface area contributed by atoms with E-state index in [4.69, 9.17) is 13.3 Å². The maximum Gasteiger partial charge on any atom is 0.500 e. The summed E-state index contributed by atoms with van der Waals surface area (Å²) in [5.74, 6) is 0. The standard InChI is InChI=1S/C14H35NO3Si2/c1-10-15(19(8,9)14(2,3)4)12-11-13-20(16-5,17-6)18-7/h10-13H2,1-9H3. The zero-order valence-corrected chi connectivity index (χ0v) is 17.0. The Balaban J connectivity index is 4.62. The second-order valence-electron chi connectivity index (χ2n) is 6.79. The minimum atomic E-state index is -2.41. The molecule has 0 bridgehead atoms. The first-order valence-corrected chi connectivity index (χ1v) is 12.4. The van der Waals surface area contributed by atoms with Gasteiger partial charge in [0, 0.05) is 27.4 Å². The summed E-state index contributed by atoms with van der Waals surface area (Å²) in [5, 5.41) is 0.376. The molecule has 0 aliphatic rings. The smallest absolute Gasteiger partial charge is 0.377 e. The van der Waals surface area contributed by atoms with E-state index in [9.17, 15) is 0 Å². The second-order valence-corrected chi connectivity index (χ2v) is 15.1. The van der Waals surface area contributed by atoms with E-state index in [1.807, 2.05) is 0 Å². The predicted octanol–water partition coefficient (Wildman–Crippen LogP) is 3.58. The number of hydrogen-bond donors (Lipinski definition) is 0. The molecule has 0 heterocycles. The van der Waals surface area contributed by atoms with Gasteiger partial charge < -0.3 is 17.8 Å². The van der Waals surface area contributed by atoms with Gasteiger partial charge >= 0.3 is 8.80 Å². The predicted molar refractivity (Wildman–Crippen MR) is 90.6 cm³/mol. The Hall–Kier alpha value is 0.274. The fraction of sp³-hybridized carbons (Fsp3) is 1.00. The van der Waals surface area contributed by atoms with Crippen LogP contribution in [0.1, 0.15) is 34.1 Å². The Morgan fingerprint density at radius 2 is 1.40 bits per heavy atom. The van der Waals surface area contributed by atoms with E-state index < -0.39 is 17.0 Å². The first-order valence-electron chi connectivity index (χ1n) is 7.50. The van der Waals surface area contributed by atoms with Gasteiger partial charge in [-0.05, 0) is 24.5 Å². The Morgan fingerprint density at radius 1 is 0.950 bits per heavy atom. The van der Waals surface area contributed by atoms with E-state index in [1.54, 1.807) is 21.3 Å². The molecule has 0 aromatic carbocycles. The third-order valence-corrected chi connectivity index (χ3v) is 13.5. The lowest BCUT2D eigenvalue weighted by Gasteiger charge is -2.46. The lowest BCUT2D eigenvalue weighted by molar-refractivity contribution is 0.122. The lowest BCUT2D eigenvalue weighted by atomic mass is 10.2. The largest absolute Gasteiger partial charge is 0.500 e. The summed E-state index contributed by atoms with van der Waals surface area (Å²) < 4.78 is 19.1. The van der Waals surface area contributed by atoms with E-state index in [-0.39, 0.29) is 0 Å². The topological polar surface area (TPSA) is 30.9 Å². The highest BCUT2D eigenvalue weighted by molar-refractivity contribution is 6.77. The van der Waals surface area contributed by atoms with Crippen LogP contribution in [-0.2, 0) is 13.3 Å². The van der Waals surface area contributed by atoms with Gasteiger partial charge in [0.15, 0.2) is 0 Å². The van der Waals surface area contributed by atoms with Gasteiger partial charge in [-0.3, -0.25) is 0 Å². The third kappa shape index (κ3) is 4.92. The first-order chi connectivity index (χ1) is 9.10. The van der Waals surface area contributed by atoms with E-state index in [0.717, 1.165) is 25.6 Å². The Kier molecular flexibility index (Phi) is 8.16. The molecule has 0 unspecified atom stereocenters. The average Bonchev–Trinajstić information content (AvgIpc) is 2.38. The second kappa shape index (κ2) is 8.05. The van der Waals surface area contributed by atoms with Crippen molar-refractivity contribution < 1.29 is 13.3 Å². The van der Waals surface area contributed by atoms with Crippen molar-refractivity contribution in [2.75, 3.05) is 34.4 Å². The van der Waals surface area contributed by atoms with Gasteiger partial charge in [0.25, 0.3) is 0 Å². The molecular formula is C14H35NO3Si2. The SMILES string of the molecule is CCN(CCC[Si](OC)(OC)OC)[Si](C)(C)C(C)(C)C. The highest BCUT2D eigenvalue weighted by atomic mass is 28.4. The molecule has 0 spiro atoms. The summed E-state index contributed by atoms with van der Waals surface area (Å²) in [7, 11) is 1.21. The van der Waals surface area contributed by atoms with Crippen molar-refractivity contribution >= 4 is 17.0 Å². The van der Waals surface area contributed by atoms with Crippen LogP contribution in [0.15, 0.2) is 0 Å². The quantitative estimate of drug-likeness (QED) is 0.607. The number of nitrogens with zero attached hydrogens (tertiary/aromatic N) is 1. The molecule has 122 valence electrons. The van der Waals surface area contributed by atoms with Crippen LogP contribution in [-0.4, -0.2) is 56.0 Å². The monoisotopic (exact) mass is 321 g/mol. The van der Waals surface area contributed by atoms with Crippen molar-refractivity contribution in [3.8, 4) is 0 Å². The van der Waals surface area contributed by atoms with Crippen molar-refractivity contribution in [1.29, 1.82) is 0 Å². The fourth-order valence-corrected chi connectivity index (χ4v) is 6.51. The van der Waals surface area contributed by atoms with Gasteiger partial charge in [-0.1, -0.05) is 40.8 Å². The molecule has 0 saturated carbocycles. The van der Waals surface area contributed by atoms with Crippen LogP contribution < -0.4 is 0 Å². The van der Waals surface area contributed by atoms with Gasteiger partial charge in [-0.15, -0.1) is 0 Å². The molecule has 6 heteroatoms. The summed E-state index contributed by atoms with van der Waals surface area (Å²) in [6.07, 6.45) is 1.06.